The zero-order valence-electron chi connectivity index (χ0n) is 17.5. The average molecular weight is 363 g/mol. The highest BCUT2D eigenvalue weighted by Crippen LogP contribution is 2.42. The smallest absolute Gasteiger partial charge is 0.192 e. The van der Waals surface area contributed by atoms with Gasteiger partial charge in [0.05, 0.1) is 12.2 Å². The van der Waals surface area contributed by atoms with Gasteiger partial charge in [-0.1, -0.05) is 58.9 Å². The van der Waals surface area contributed by atoms with Crippen molar-refractivity contribution in [2.24, 2.45) is 17.3 Å². The highest BCUT2D eigenvalue weighted by atomic mass is 28.4. The molecule has 0 radical (unpaired) electrons. The molecule has 0 aromatic rings. The van der Waals surface area contributed by atoms with E-state index in [1.54, 1.807) is 0 Å². The molecule has 0 saturated heterocycles. The van der Waals surface area contributed by atoms with E-state index < -0.39 is 14.4 Å². The summed E-state index contributed by atoms with van der Waals surface area (Å²) >= 11 is 0. The van der Waals surface area contributed by atoms with Crippen molar-refractivity contribution in [1.82, 2.24) is 0 Å². The highest BCUT2D eigenvalue weighted by Gasteiger charge is 2.44. The predicted molar refractivity (Wildman–Crippen MR) is 111 cm³/mol. The van der Waals surface area contributed by atoms with E-state index >= 15 is 0 Å². The van der Waals surface area contributed by atoms with Crippen molar-refractivity contribution in [3.8, 4) is 12.3 Å². The van der Waals surface area contributed by atoms with E-state index in [-0.39, 0.29) is 16.6 Å². The van der Waals surface area contributed by atoms with Crippen molar-refractivity contribution >= 4 is 8.32 Å². The maximum atomic E-state index is 10.8. The molecule has 0 heterocycles. The second-order valence-corrected chi connectivity index (χ2v) is 14.3. The Morgan fingerprint density at radius 1 is 1.28 bits per heavy atom. The first kappa shape index (κ1) is 22.2. The molecule has 1 saturated carbocycles. The van der Waals surface area contributed by atoms with Gasteiger partial charge in [0.1, 0.15) is 0 Å². The monoisotopic (exact) mass is 362 g/mol. The molecule has 1 rings (SSSR count). The van der Waals surface area contributed by atoms with Gasteiger partial charge in [0.25, 0.3) is 0 Å². The normalized spacial score (nSPS) is 24.5. The van der Waals surface area contributed by atoms with E-state index in [1.807, 2.05) is 13.0 Å². The van der Waals surface area contributed by atoms with Crippen LogP contribution < -0.4 is 0 Å². The van der Waals surface area contributed by atoms with Crippen LogP contribution in [-0.4, -0.2) is 25.6 Å². The lowest BCUT2D eigenvalue weighted by atomic mass is 9.79. The van der Waals surface area contributed by atoms with Gasteiger partial charge < -0.3 is 9.53 Å². The molecule has 0 unspecified atom stereocenters. The van der Waals surface area contributed by atoms with Gasteiger partial charge in [-0.25, -0.2) is 0 Å². The standard InChI is InChI=1S/C22H38O2Si/c1-10-13-20(24-25(8,9)21(3,4)5)22(6,7)19(23)15-12-14-18-16-17(18)11-2/h2,10,12-14,17-20,23H,15-16H2,1,3-9H3/b13-10+,14-12-/t17-,18+,19+,20+/m1/s1. The number of hydrogen-bond donors (Lipinski definition) is 1. The first-order valence-corrected chi connectivity index (χ1v) is 12.4. The maximum Gasteiger partial charge on any atom is 0.192 e. The van der Waals surface area contributed by atoms with Crippen LogP contribution in [0.2, 0.25) is 18.1 Å². The molecule has 0 aliphatic heterocycles. The van der Waals surface area contributed by atoms with Crippen LogP contribution in [-0.2, 0) is 4.43 Å². The van der Waals surface area contributed by atoms with Crippen molar-refractivity contribution in [1.29, 1.82) is 0 Å². The fourth-order valence-corrected chi connectivity index (χ4v) is 3.97. The van der Waals surface area contributed by atoms with E-state index in [2.05, 4.69) is 71.9 Å². The minimum atomic E-state index is -1.92. The van der Waals surface area contributed by atoms with Crippen LogP contribution in [0.3, 0.4) is 0 Å². The van der Waals surface area contributed by atoms with Crippen LogP contribution in [0.25, 0.3) is 0 Å². The van der Waals surface area contributed by atoms with Gasteiger partial charge in [-0.3, -0.25) is 0 Å². The zero-order valence-corrected chi connectivity index (χ0v) is 18.5. The van der Waals surface area contributed by atoms with Gasteiger partial charge in [0.15, 0.2) is 8.32 Å². The summed E-state index contributed by atoms with van der Waals surface area (Å²) in [7, 11) is -1.92. The molecular formula is C22H38O2Si. The molecule has 1 N–H and O–H groups in total. The fraction of sp³-hybridized carbons (Fsp3) is 0.727. The third kappa shape index (κ3) is 5.84. The molecule has 0 aromatic heterocycles. The molecule has 4 atom stereocenters. The SMILES string of the molecule is C#C[C@@H]1C[C@@H]1/C=C\C[C@H](O)C(C)(C)[C@H](/C=C/C)O[Si](C)(C)C(C)(C)C. The molecule has 0 bridgehead atoms. The Labute approximate surface area is 156 Å². The zero-order chi connectivity index (χ0) is 19.5. The number of allylic oxidation sites excluding steroid dienone is 2. The highest BCUT2D eigenvalue weighted by molar-refractivity contribution is 6.74. The molecule has 0 spiro atoms. The van der Waals surface area contributed by atoms with Crippen molar-refractivity contribution in [3.05, 3.63) is 24.3 Å². The van der Waals surface area contributed by atoms with Crippen molar-refractivity contribution < 1.29 is 9.53 Å². The molecule has 3 heteroatoms. The van der Waals surface area contributed by atoms with Crippen molar-refractivity contribution in [2.45, 2.75) is 84.7 Å². The second-order valence-electron chi connectivity index (χ2n) is 9.50. The molecule has 0 amide bonds. The summed E-state index contributed by atoms with van der Waals surface area (Å²) in [6.45, 7) is 17.5. The van der Waals surface area contributed by atoms with Crippen LogP contribution >= 0.6 is 0 Å². The van der Waals surface area contributed by atoms with Gasteiger partial charge in [0, 0.05) is 11.3 Å². The third-order valence-corrected chi connectivity index (χ3v) is 10.4. The molecule has 1 aliphatic rings. The minimum Gasteiger partial charge on any atom is -0.410 e. The van der Waals surface area contributed by atoms with Crippen LogP contribution in [0.5, 0.6) is 0 Å². The Hall–Kier alpha value is -0.823. The minimum absolute atomic E-state index is 0.0961. The Morgan fingerprint density at radius 2 is 1.88 bits per heavy atom. The summed E-state index contributed by atoms with van der Waals surface area (Å²) in [6, 6.07) is 0. The lowest BCUT2D eigenvalue weighted by Crippen LogP contribution is -2.50. The van der Waals surface area contributed by atoms with E-state index in [0.29, 0.717) is 18.3 Å². The Bertz CT molecular complexity index is 531. The first-order chi connectivity index (χ1) is 11.4. The lowest BCUT2D eigenvalue weighted by Gasteiger charge is -2.44. The molecule has 1 fully saturated rings. The van der Waals surface area contributed by atoms with Crippen molar-refractivity contribution in [3.63, 3.8) is 0 Å². The Kier molecular flexibility index (Phi) is 7.33. The summed E-state index contributed by atoms with van der Waals surface area (Å²) in [5.41, 5.74) is -0.360. The molecule has 0 aromatic carbocycles. The largest absolute Gasteiger partial charge is 0.410 e. The quantitative estimate of drug-likeness (QED) is 0.348. The van der Waals surface area contributed by atoms with Crippen LogP contribution in [0.15, 0.2) is 24.3 Å². The Morgan fingerprint density at radius 3 is 2.32 bits per heavy atom. The van der Waals surface area contributed by atoms with E-state index in [4.69, 9.17) is 10.8 Å². The number of aliphatic hydroxyl groups excluding tert-OH is 1. The third-order valence-electron chi connectivity index (χ3n) is 5.98. The fourth-order valence-electron chi connectivity index (χ4n) is 2.60. The summed E-state index contributed by atoms with van der Waals surface area (Å²) in [5, 5.41) is 11.0. The van der Waals surface area contributed by atoms with Gasteiger partial charge in [-0.2, -0.15) is 0 Å². The summed E-state index contributed by atoms with van der Waals surface area (Å²) in [6.07, 6.45) is 15.0. The van der Waals surface area contributed by atoms with Gasteiger partial charge in [0.2, 0.25) is 0 Å². The van der Waals surface area contributed by atoms with Gasteiger partial charge >= 0.3 is 0 Å². The molecule has 1 aliphatic carbocycles. The average Bonchev–Trinajstić information content (AvgIpc) is 3.23. The number of terminal acetylenes is 1. The van der Waals surface area contributed by atoms with Crippen LogP contribution in [0.1, 0.15) is 54.4 Å². The van der Waals surface area contributed by atoms with E-state index in [9.17, 15) is 5.11 Å². The maximum absolute atomic E-state index is 10.8. The molecule has 25 heavy (non-hydrogen) atoms. The Balaban J connectivity index is 2.80. The number of rotatable bonds is 8. The molecular weight excluding hydrogens is 324 g/mol. The van der Waals surface area contributed by atoms with Gasteiger partial charge in [-0.05, 0) is 43.8 Å². The summed E-state index contributed by atoms with van der Waals surface area (Å²) in [5.74, 6) is 3.71. The number of aliphatic hydroxyl groups is 1. The predicted octanol–water partition coefficient (Wildman–Crippen LogP) is 5.56. The second kappa shape index (κ2) is 8.25. The van der Waals surface area contributed by atoms with Crippen LogP contribution in [0.4, 0.5) is 0 Å². The number of hydrogen-bond acceptors (Lipinski definition) is 2. The van der Waals surface area contributed by atoms with Crippen LogP contribution in [0, 0.1) is 29.6 Å². The van der Waals surface area contributed by atoms with E-state index in [1.165, 1.54) is 0 Å². The lowest BCUT2D eigenvalue weighted by molar-refractivity contribution is -0.0181. The van der Waals surface area contributed by atoms with Crippen molar-refractivity contribution in [2.75, 3.05) is 0 Å². The molecule has 142 valence electrons. The van der Waals surface area contributed by atoms with E-state index in [0.717, 1.165) is 6.42 Å². The topological polar surface area (TPSA) is 29.5 Å². The van der Waals surface area contributed by atoms with Gasteiger partial charge in [-0.15, -0.1) is 12.3 Å². The first-order valence-electron chi connectivity index (χ1n) is 9.48. The molecule has 2 nitrogen and oxygen atoms in total. The summed E-state index contributed by atoms with van der Waals surface area (Å²) < 4.78 is 6.64. The summed E-state index contributed by atoms with van der Waals surface area (Å²) in [4.78, 5) is 0.